The summed E-state index contributed by atoms with van der Waals surface area (Å²) in [6.07, 6.45) is 1.93. The van der Waals surface area contributed by atoms with E-state index in [-0.39, 0.29) is 18.2 Å². The van der Waals surface area contributed by atoms with Gasteiger partial charge in [-0.05, 0) is 12.8 Å². The average molecular weight is 128 g/mol. The van der Waals surface area contributed by atoms with Crippen LogP contribution in [0.15, 0.2) is 0 Å². The SMILES string of the molecule is O=C1OC1C1CCCO1. The molecule has 9 heavy (non-hydrogen) atoms. The van der Waals surface area contributed by atoms with Crippen molar-refractivity contribution in [3.8, 4) is 0 Å². The molecule has 0 spiro atoms. The average Bonchev–Trinajstić information content (AvgIpc) is 2.44. The van der Waals surface area contributed by atoms with Gasteiger partial charge < -0.3 is 9.47 Å². The standard InChI is InChI=1S/C6H8O3/c7-6-5(9-6)4-2-1-3-8-4/h4-5H,1-3H2. The van der Waals surface area contributed by atoms with E-state index in [0.29, 0.717) is 0 Å². The van der Waals surface area contributed by atoms with E-state index in [1.54, 1.807) is 0 Å². The molecular weight excluding hydrogens is 120 g/mol. The van der Waals surface area contributed by atoms with Crippen molar-refractivity contribution in [2.75, 3.05) is 6.61 Å². The molecule has 3 nitrogen and oxygen atoms in total. The highest BCUT2D eigenvalue weighted by Gasteiger charge is 2.46. The number of cyclic esters (lactones) is 1. The van der Waals surface area contributed by atoms with E-state index >= 15 is 0 Å². The van der Waals surface area contributed by atoms with Crippen LogP contribution >= 0.6 is 0 Å². The summed E-state index contributed by atoms with van der Waals surface area (Å²) in [7, 11) is 0. The Kier molecular flexibility index (Phi) is 0.990. The predicted molar refractivity (Wildman–Crippen MR) is 28.9 cm³/mol. The lowest BCUT2D eigenvalue weighted by Gasteiger charge is -1.98. The topological polar surface area (TPSA) is 38.8 Å². The first-order valence-corrected chi connectivity index (χ1v) is 3.20. The fourth-order valence-electron chi connectivity index (χ4n) is 1.16. The Balaban J connectivity index is 1.91. The van der Waals surface area contributed by atoms with Gasteiger partial charge in [-0.1, -0.05) is 0 Å². The Morgan fingerprint density at radius 2 is 2.33 bits per heavy atom. The third kappa shape index (κ3) is 0.812. The molecule has 0 amide bonds. The molecule has 0 aromatic rings. The van der Waals surface area contributed by atoms with Crippen LogP contribution in [0.1, 0.15) is 12.8 Å². The molecular formula is C6H8O3. The zero-order valence-electron chi connectivity index (χ0n) is 5.00. The van der Waals surface area contributed by atoms with Gasteiger partial charge in [-0.2, -0.15) is 0 Å². The lowest BCUT2D eigenvalue weighted by molar-refractivity contribution is -0.117. The van der Waals surface area contributed by atoms with Gasteiger partial charge in [0.15, 0.2) is 0 Å². The van der Waals surface area contributed by atoms with Gasteiger partial charge in [-0.3, -0.25) is 0 Å². The smallest absolute Gasteiger partial charge is 0.351 e. The van der Waals surface area contributed by atoms with E-state index in [2.05, 4.69) is 4.74 Å². The van der Waals surface area contributed by atoms with Gasteiger partial charge in [0, 0.05) is 6.61 Å². The Hall–Kier alpha value is -0.570. The minimum Gasteiger partial charge on any atom is -0.445 e. The van der Waals surface area contributed by atoms with Gasteiger partial charge in [0.2, 0.25) is 6.10 Å². The normalized spacial score (nSPS) is 40.7. The van der Waals surface area contributed by atoms with Crippen LogP contribution in [0, 0.1) is 0 Å². The second kappa shape index (κ2) is 1.70. The molecule has 2 rings (SSSR count). The number of epoxide rings is 1. The Morgan fingerprint density at radius 1 is 1.56 bits per heavy atom. The zero-order valence-corrected chi connectivity index (χ0v) is 5.00. The molecule has 2 unspecified atom stereocenters. The molecule has 3 heteroatoms. The van der Waals surface area contributed by atoms with Crippen LogP contribution in [0.3, 0.4) is 0 Å². The lowest BCUT2D eigenvalue weighted by Crippen LogP contribution is -2.13. The Morgan fingerprint density at radius 3 is 2.78 bits per heavy atom. The van der Waals surface area contributed by atoms with Gasteiger partial charge >= 0.3 is 5.97 Å². The molecule has 0 N–H and O–H groups in total. The molecule has 0 aliphatic carbocycles. The van der Waals surface area contributed by atoms with Crippen LogP contribution in [0.2, 0.25) is 0 Å². The van der Waals surface area contributed by atoms with E-state index < -0.39 is 0 Å². The van der Waals surface area contributed by atoms with Crippen LogP contribution in [-0.4, -0.2) is 24.8 Å². The predicted octanol–water partition coefficient (Wildman–Crippen LogP) is 0.0908. The van der Waals surface area contributed by atoms with Crippen molar-refractivity contribution in [3.63, 3.8) is 0 Å². The van der Waals surface area contributed by atoms with Crippen molar-refractivity contribution in [3.05, 3.63) is 0 Å². The monoisotopic (exact) mass is 128 g/mol. The number of carbonyl (C=O) groups excluding carboxylic acids is 1. The maximum atomic E-state index is 10.4. The van der Waals surface area contributed by atoms with Crippen molar-refractivity contribution in [1.82, 2.24) is 0 Å². The molecule has 0 aromatic carbocycles. The van der Waals surface area contributed by atoms with E-state index in [1.165, 1.54) is 0 Å². The number of ether oxygens (including phenoxy) is 2. The van der Waals surface area contributed by atoms with Crippen molar-refractivity contribution >= 4 is 5.97 Å². The molecule has 0 radical (unpaired) electrons. The largest absolute Gasteiger partial charge is 0.445 e. The Bertz CT molecular complexity index is 137. The van der Waals surface area contributed by atoms with Gasteiger partial charge in [0.05, 0.1) is 0 Å². The summed E-state index contributed by atoms with van der Waals surface area (Å²) in [6, 6.07) is 0. The van der Waals surface area contributed by atoms with Crippen LogP contribution in [0.5, 0.6) is 0 Å². The van der Waals surface area contributed by atoms with Gasteiger partial charge in [0.25, 0.3) is 0 Å². The van der Waals surface area contributed by atoms with Crippen molar-refractivity contribution in [2.24, 2.45) is 0 Å². The second-order valence-corrected chi connectivity index (χ2v) is 2.41. The van der Waals surface area contributed by atoms with Gasteiger partial charge in [-0.15, -0.1) is 0 Å². The zero-order chi connectivity index (χ0) is 6.27. The van der Waals surface area contributed by atoms with Crippen molar-refractivity contribution in [1.29, 1.82) is 0 Å². The molecule has 0 aromatic heterocycles. The van der Waals surface area contributed by atoms with E-state index in [4.69, 9.17) is 4.74 Å². The summed E-state index contributed by atoms with van der Waals surface area (Å²) in [5, 5.41) is 0. The molecule has 2 fully saturated rings. The fraction of sp³-hybridized carbons (Fsp3) is 0.833. The number of hydrogen-bond acceptors (Lipinski definition) is 3. The molecule has 0 bridgehead atoms. The first kappa shape index (κ1) is 5.23. The first-order valence-electron chi connectivity index (χ1n) is 3.20. The summed E-state index contributed by atoms with van der Waals surface area (Å²) in [5.41, 5.74) is 0. The maximum absolute atomic E-state index is 10.4. The van der Waals surface area contributed by atoms with Crippen LogP contribution in [0.4, 0.5) is 0 Å². The number of hydrogen-bond donors (Lipinski definition) is 0. The van der Waals surface area contributed by atoms with E-state index in [1.807, 2.05) is 0 Å². The lowest BCUT2D eigenvalue weighted by atomic mass is 10.2. The van der Waals surface area contributed by atoms with Crippen LogP contribution < -0.4 is 0 Å². The quantitative estimate of drug-likeness (QED) is 0.470. The highest BCUT2D eigenvalue weighted by atomic mass is 16.7. The number of rotatable bonds is 1. The van der Waals surface area contributed by atoms with Gasteiger partial charge in [0.1, 0.15) is 6.10 Å². The third-order valence-corrected chi connectivity index (χ3v) is 1.72. The number of carbonyl (C=O) groups is 1. The summed E-state index contributed by atoms with van der Waals surface area (Å²) in [4.78, 5) is 10.4. The van der Waals surface area contributed by atoms with Gasteiger partial charge in [-0.25, -0.2) is 4.79 Å². The molecule has 50 valence electrons. The fourth-order valence-corrected chi connectivity index (χ4v) is 1.16. The Labute approximate surface area is 52.9 Å². The highest BCUT2D eigenvalue weighted by molar-refractivity contribution is 5.88. The van der Waals surface area contributed by atoms with E-state index in [9.17, 15) is 4.79 Å². The molecule has 2 heterocycles. The maximum Gasteiger partial charge on any atom is 0.351 e. The molecule has 0 saturated carbocycles. The van der Waals surface area contributed by atoms with E-state index in [0.717, 1.165) is 19.4 Å². The summed E-state index contributed by atoms with van der Waals surface area (Å²) in [5.74, 6) is -0.0955. The van der Waals surface area contributed by atoms with Crippen LogP contribution in [-0.2, 0) is 14.3 Å². The minimum atomic E-state index is -0.201. The first-order chi connectivity index (χ1) is 4.38. The third-order valence-electron chi connectivity index (χ3n) is 1.72. The van der Waals surface area contributed by atoms with Crippen molar-refractivity contribution < 1.29 is 14.3 Å². The second-order valence-electron chi connectivity index (χ2n) is 2.41. The van der Waals surface area contributed by atoms with Crippen molar-refractivity contribution in [2.45, 2.75) is 25.0 Å². The molecule has 2 saturated heterocycles. The summed E-state index contributed by atoms with van der Waals surface area (Å²) >= 11 is 0. The summed E-state index contributed by atoms with van der Waals surface area (Å²) in [6.45, 7) is 0.789. The molecule has 2 atom stereocenters. The molecule has 2 aliphatic rings. The minimum absolute atomic E-state index is 0.0810. The van der Waals surface area contributed by atoms with Crippen LogP contribution in [0.25, 0.3) is 0 Å². The highest BCUT2D eigenvalue weighted by Crippen LogP contribution is 2.26. The summed E-state index contributed by atoms with van der Waals surface area (Å²) < 4.78 is 9.84. The molecule has 2 aliphatic heterocycles.